The maximum atomic E-state index is 11.8. The van der Waals surface area contributed by atoms with Crippen molar-refractivity contribution >= 4 is 5.91 Å². The summed E-state index contributed by atoms with van der Waals surface area (Å²) in [5.41, 5.74) is 5.86. The fourth-order valence-electron chi connectivity index (χ4n) is 2.13. The number of halogens is 2. The summed E-state index contributed by atoms with van der Waals surface area (Å²) in [7, 11) is 0. The van der Waals surface area contributed by atoms with Crippen molar-refractivity contribution < 1.29 is 18.3 Å². The standard InChI is InChI=1S/C12H22F2N2O2/c13-10(14)8-18-7-4-11(17)16-9-12(15)5-2-1-3-6-12/h10H,1-9,15H2,(H,16,17). The smallest absolute Gasteiger partial charge is 0.261 e. The summed E-state index contributed by atoms with van der Waals surface area (Å²) in [4.78, 5) is 11.4. The van der Waals surface area contributed by atoms with Gasteiger partial charge in [0.1, 0.15) is 6.61 Å². The Hall–Kier alpha value is -0.750. The van der Waals surface area contributed by atoms with Gasteiger partial charge in [-0.2, -0.15) is 0 Å². The molecule has 0 bridgehead atoms. The number of alkyl halides is 2. The van der Waals surface area contributed by atoms with Gasteiger partial charge in [-0.05, 0) is 12.8 Å². The Kier molecular flexibility index (Phi) is 6.49. The number of carbonyl (C=O) groups excluding carboxylic acids is 1. The van der Waals surface area contributed by atoms with Crippen molar-refractivity contribution in [1.82, 2.24) is 5.32 Å². The highest BCUT2D eigenvalue weighted by molar-refractivity contribution is 5.76. The number of nitrogens with one attached hydrogen (secondary N) is 1. The minimum absolute atomic E-state index is 0.0216. The molecule has 1 aliphatic rings. The van der Waals surface area contributed by atoms with Crippen molar-refractivity contribution in [3.8, 4) is 0 Å². The lowest BCUT2D eigenvalue weighted by Crippen LogP contribution is -2.51. The van der Waals surface area contributed by atoms with E-state index in [2.05, 4.69) is 10.1 Å². The highest BCUT2D eigenvalue weighted by atomic mass is 19.3. The van der Waals surface area contributed by atoms with Gasteiger partial charge in [0.05, 0.1) is 6.61 Å². The second-order valence-electron chi connectivity index (χ2n) is 4.92. The topological polar surface area (TPSA) is 64.3 Å². The van der Waals surface area contributed by atoms with Gasteiger partial charge in [-0.3, -0.25) is 4.79 Å². The van der Waals surface area contributed by atoms with E-state index in [4.69, 9.17) is 5.73 Å². The average molecular weight is 264 g/mol. The van der Waals surface area contributed by atoms with Crippen molar-refractivity contribution in [3.05, 3.63) is 0 Å². The van der Waals surface area contributed by atoms with E-state index in [1.807, 2.05) is 0 Å². The molecule has 0 spiro atoms. The van der Waals surface area contributed by atoms with E-state index in [9.17, 15) is 13.6 Å². The number of nitrogens with two attached hydrogens (primary N) is 1. The van der Waals surface area contributed by atoms with Crippen molar-refractivity contribution in [2.24, 2.45) is 5.73 Å². The number of hydrogen-bond donors (Lipinski definition) is 2. The fraction of sp³-hybridized carbons (Fsp3) is 0.917. The molecule has 0 aromatic carbocycles. The molecule has 0 heterocycles. The van der Waals surface area contributed by atoms with Crippen LogP contribution in [0.15, 0.2) is 0 Å². The van der Waals surface area contributed by atoms with Crippen LogP contribution in [-0.4, -0.2) is 37.6 Å². The Morgan fingerprint density at radius 3 is 2.61 bits per heavy atom. The first-order valence-corrected chi connectivity index (χ1v) is 6.43. The molecule has 1 rings (SSSR count). The van der Waals surface area contributed by atoms with E-state index >= 15 is 0 Å². The lowest BCUT2D eigenvalue weighted by atomic mass is 9.82. The molecule has 6 heteroatoms. The maximum absolute atomic E-state index is 11.8. The second-order valence-corrected chi connectivity index (χ2v) is 4.92. The van der Waals surface area contributed by atoms with Gasteiger partial charge < -0.3 is 15.8 Å². The molecule has 0 aromatic heterocycles. The molecule has 1 fully saturated rings. The van der Waals surface area contributed by atoms with Gasteiger partial charge in [0.2, 0.25) is 5.91 Å². The third kappa shape index (κ3) is 6.26. The monoisotopic (exact) mass is 264 g/mol. The van der Waals surface area contributed by atoms with Gasteiger partial charge in [0.25, 0.3) is 6.43 Å². The zero-order valence-corrected chi connectivity index (χ0v) is 10.6. The van der Waals surface area contributed by atoms with Crippen LogP contribution < -0.4 is 11.1 Å². The predicted octanol–water partition coefficient (Wildman–Crippen LogP) is 1.44. The van der Waals surface area contributed by atoms with Crippen LogP contribution in [0.25, 0.3) is 0 Å². The Balaban J connectivity index is 2.09. The lowest BCUT2D eigenvalue weighted by molar-refractivity contribution is -0.122. The molecule has 0 saturated heterocycles. The molecule has 1 saturated carbocycles. The largest absolute Gasteiger partial charge is 0.375 e. The normalized spacial score (nSPS) is 18.9. The predicted molar refractivity (Wildman–Crippen MR) is 64.5 cm³/mol. The number of carbonyl (C=O) groups is 1. The molecule has 0 aliphatic heterocycles. The molecule has 3 N–H and O–H groups in total. The summed E-state index contributed by atoms with van der Waals surface area (Å²) in [5, 5.41) is 2.75. The van der Waals surface area contributed by atoms with E-state index in [1.165, 1.54) is 6.42 Å². The number of hydrogen-bond acceptors (Lipinski definition) is 3. The Labute approximate surface area is 106 Å². The molecular formula is C12H22F2N2O2. The van der Waals surface area contributed by atoms with Gasteiger partial charge in [-0.15, -0.1) is 0 Å². The van der Waals surface area contributed by atoms with Crippen LogP contribution in [0, 0.1) is 0 Å². The summed E-state index contributed by atoms with van der Waals surface area (Å²) in [6.45, 7) is -0.136. The Morgan fingerprint density at radius 2 is 2.00 bits per heavy atom. The highest BCUT2D eigenvalue weighted by Crippen LogP contribution is 2.25. The minimum Gasteiger partial charge on any atom is -0.375 e. The molecule has 1 amide bonds. The maximum Gasteiger partial charge on any atom is 0.261 e. The molecule has 0 radical (unpaired) electrons. The van der Waals surface area contributed by atoms with Gasteiger partial charge in [-0.1, -0.05) is 19.3 Å². The molecule has 0 aromatic rings. The first kappa shape index (κ1) is 15.3. The zero-order valence-electron chi connectivity index (χ0n) is 10.6. The minimum atomic E-state index is -2.48. The summed E-state index contributed by atoms with van der Waals surface area (Å²) in [6, 6.07) is 0. The van der Waals surface area contributed by atoms with Crippen LogP contribution in [0.3, 0.4) is 0 Å². The summed E-state index contributed by atoms with van der Waals surface area (Å²) in [5.74, 6) is -0.195. The van der Waals surface area contributed by atoms with Crippen molar-refractivity contribution in [2.75, 3.05) is 19.8 Å². The Morgan fingerprint density at radius 1 is 1.33 bits per heavy atom. The number of ether oxygens (including phenoxy) is 1. The summed E-state index contributed by atoms with van der Waals surface area (Å²) >= 11 is 0. The fourth-order valence-corrected chi connectivity index (χ4v) is 2.13. The van der Waals surface area contributed by atoms with Crippen molar-refractivity contribution in [2.45, 2.75) is 50.5 Å². The van der Waals surface area contributed by atoms with Crippen LogP contribution in [-0.2, 0) is 9.53 Å². The summed E-state index contributed by atoms with van der Waals surface area (Å²) in [6.07, 6.45) is 2.87. The third-order valence-electron chi connectivity index (χ3n) is 3.20. The molecule has 106 valence electrons. The van der Waals surface area contributed by atoms with E-state index in [-0.39, 0.29) is 24.5 Å². The van der Waals surface area contributed by atoms with Crippen molar-refractivity contribution in [1.29, 1.82) is 0 Å². The van der Waals surface area contributed by atoms with E-state index in [0.29, 0.717) is 6.54 Å². The molecule has 18 heavy (non-hydrogen) atoms. The van der Waals surface area contributed by atoms with Gasteiger partial charge in [-0.25, -0.2) is 8.78 Å². The number of rotatable bonds is 7. The second kappa shape index (κ2) is 7.63. The lowest BCUT2D eigenvalue weighted by Gasteiger charge is -2.33. The number of amides is 1. The molecule has 0 unspecified atom stereocenters. The summed E-state index contributed by atoms with van der Waals surface area (Å²) < 4.78 is 28.2. The van der Waals surface area contributed by atoms with E-state index in [1.54, 1.807) is 0 Å². The van der Waals surface area contributed by atoms with Gasteiger partial charge in [0, 0.05) is 18.5 Å². The highest BCUT2D eigenvalue weighted by Gasteiger charge is 2.27. The Bertz CT molecular complexity index is 256. The van der Waals surface area contributed by atoms with Crippen LogP contribution in [0.5, 0.6) is 0 Å². The first-order chi connectivity index (χ1) is 8.52. The van der Waals surface area contributed by atoms with E-state index in [0.717, 1.165) is 25.7 Å². The zero-order chi connectivity index (χ0) is 13.4. The molecule has 1 aliphatic carbocycles. The molecule has 4 nitrogen and oxygen atoms in total. The van der Waals surface area contributed by atoms with Crippen LogP contribution in [0.4, 0.5) is 8.78 Å². The molecule has 0 atom stereocenters. The SMILES string of the molecule is NC1(CNC(=O)CCOCC(F)F)CCCCC1. The van der Waals surface area contributed by atoms with Crippen molar-refractivity contribution in [3.63, 3.8) is 0 Å². The first-order valence-electron chi connectivity index (χ1n) is 6.43. The van der Waals surface area contributed by atoms with Crippen LogP contribution >= 0.6 is 0 Å². The van der Waals surface area contributed by atoms with Gasteiger partial charge in [0.15, 0.2) is 0 Å². The quantitative estimate of drug-likeness (QED) is 0.684. The van der Waals surface area contributed by atoms with Crippen LogP contribution in [0.2, 0.25) is 0 Å². The third-order valence-corrected chi connectivity index (χ3v) is 3.20. The average Bonchev–Trinajstić information content (AvgIpc) is 2.33. The van der Waals surface area contributed by atoms with Crippen LogP contribution in [0.1, 0.15) is 38.5 Å². The van der Waals surface area contributed by atoms with Gasteiger partial charge >= 0.3 is 0 Å². The van der Waals surface area contributed by atoms with E-state index < -0.39 is 13.0 Å². The molecular weight excluding hydrogens is 242 g/mol.